The third-order valence-corrected chi connectivity index (χ3v) is 8.64. The summed E-state index contributed by atoms with van der Waals surface area (Å²) in [7, 11) is 0. The molecule has 0 aromatic heterocycles. The van der Waals surface area contributed by atoms with Gasteiger partial charge in [-0.3, -0.25) is 14.4 Å². The Hall–Kier alpha value is -3.99. The molecule has 0 unspecified atom stereocenters. The highest BCUT2D eigenvalue weighted by atomic mass is 16.2. The summed E-state index contributed by atoms with van der Waals surface area (Å²) in [6.07, 6.45) is 5.86. The lowest BCUT2D eigenvalue weighted by molar-refractivity contribution is -0.131. The fourth-order valence-corrected chi connectivity index (χ4v) is 6.92. The Morgan fingerprint density at radius 3 is 2.36 bits per heavy atom. The number of nitrogens with one attached hydrogen (secondary N) is 1. The predicted octanol–water partition coefficient (Wildman–Crippen LogP) is 6.35. The lowest BCUT2D eigenvalue weighted by Gasteiger charge is -2.38. The van der Waals surface area contributed by atoms with Gasteiger partial charge >= 0.3 is 0 Å². The van der Waals surface area contributed by atoms with Crippen molar-refractivity contribution in [2.24, 2.45) is 11.3 Å². The maximum absolute atomic E-state index is 14.7. The van der Waals surface area contributed by atoms with Crippen LogP contribution in [-0.2, 0) is 21.4 Å². The van der Waals surface area contributed by atoms with Crippen LogP contribution >= 0.6 is 0 Å². The highest BCUT2D eigenvalue weighted by Gasteiger charge is 2.71. The Bertz CT molecular complexity index is 1510. The highest BCUT2D eigenvalue weighted by molar-refractivity contribution is 6.15. The minimum absolute atomic E-state index is 0.0495. The van der Waals surface area contributed by atoms with Crippen molar-refractivity contribution in [2.45, 2.75) is 58.0 Å². The van der Waals surface area contributed by atoms with Crippen molar-refractivity contribution in [1.29, 1.82) is 0 Å². The first kappa shape index (κ1) is 25.3. The molecule has 3 aliphatic heterocycles. The van der Waals surface area contributed by atoms with E-state index in [0.717, 1.165) is 35.1 Å². The predicted molar refractivity (Wildman–Crippen MR) is 153 cm³/mol. The highest BCUT2D eigenvalue weighted by Crippen LogP contribution is 2.62. The number of fused-ring (bicyclic) bond motifs is 6. The third-order valence-electron chi connectivity index (χ3n) is 8.64. The van der Waals surface area contributed by atoms with Gasteiger partial charge in [0.15, 0.2) is 11.6 Å². The van der Waals surface area contributed by atoms with E-state index in [4.69, 9.17) is 0 Å². The van der Waals surface area contributed by atoms with Gasteiger partial charge < -0.3 is 10.2 Å². The number of hydrogen-bond donors (Lipinski definition) is 1. The molecule has 3 heterocycles. The quantitative estimate of drug-likeness (QED) is 0.400. The van der Waals surface area contributed by atoms with Crippen LogP contribution in [0.3, 0.4) is 0 Å². The molecule has 3 aliphatic rings. The van der Waals surface area contributed by atoms with E-state index in [9.17, 15) is 14.4 Å². The van der Waals surface area contributed by atoms with Crippen LogP contribution in [0.15, 0.2) is 79.0 Å². The lowest BCUT2D eigenvalue weighted by atomic mass is 9.62. The molecule has 39 heavy (non-hydrogen) atoms. The van der Waals surface area contributed by atoms with E-state index in [2.05, 4.69) is 12.2 Å². The van der Waals surface area contributed by atoms with Crippen molar-refractivity contribution < 1.29 is 14.4 Å². The third kappa shape index (κ3) is 3.63. The largest absolute Gasteiger partial charge is 0.358 e. The first-order chi connectivity index (χ1) is 18.7. The molecular formula is C34H34N2O3. The lowest BCUT2D eigenvalue weighted by Crippen LogP contribution is -2.50. The topological polar surface area (TPSA) is 66.5 Å². The Morgan fingerprint density at radius 2 is 1.64 bits per heavy atom. The molecule has 4 atom stereocenters. The number of carbonyl (C=O) groups excluding carboxylic acids is 3. The van der Waals surface area contributed by atoms with Gasteiger partial charge in [0.1, 0.15) is 5.41 Å². The summed E-state index contributed by atoms with van der Waals surface area (Å²) in [5, 5.41) is 3.10. The van der Waals surface area contributed by atoms with Gasteiger partial charge in [0.25, 0.3) is 0 Å². The van der Waals surface area contributed by atoms with E-state index >= 15 is 0 Å². The number of benzene rings is 3. The summed E-state index contributed by atoms with van der Waals surface area (Å²) in [5.41, 5.74) is 3.12. The molecule has 1 saturated heterocycles. The zero-order valence-corrected chi connectivity index (χ0v) is 22.9. The molecule has 6 rings (SSSR count). The van der Waals surface area contributed by atoms with E-state index in [1.165, 1.54) is 0 Å². The molecular weight excluding hydrogens is 484 g/mol. The normalized spacial score (nSPS) is 24.8. The average Bonchev–Trinajstić information content (AvgIpc) is 3.40. The van der Waals surface area contributed by atoms with E-state index < -0.39 is 28.8 Å². The molecule has 0 radical (unpaired) electrons. The Morgan fingerprint density at radius 1 is 0.949 bits per heavy atom. The summed E-state index contributed by atoms with van der Waals surface area (Å²) in [4.78, 5) is 45.5. The molecule has 1 spiro atoms. The van der Waals surface area contributed by atoms with Crippen LogP contribution in [0, 0.1) is 11.3 Å². The van der Waals surface area contributed by atoms with Gasteiger partial charge in [-0.1, -0.05) is 101 Å². The first-order valence-electron chi connectivity index (χ1n) is 13.8. The Balaban J connectivity index is 1.64. The fraction of sp³-hybridized carbons (Fsp3) is 0.324. The van der Waals surface area contributed by atoms with Crippen LogP contribution < -0.4 is 5.32 Å². The second-order valence-electron chi connectivity index (χ2n) is 12.0. The smallest absolute Gasteiger partial charge is 0.238 e. The van der Waals surface area contributed by atoms with Crippen LogP contribution in [0.1, 0.15) is 72.8 Å². The van der Waals surface area contributed by atoms with Crippen molar-refractivity contribution in [3.63, 3.8) is 0 Å². The molecule has 5 nitrogen and oxygen atoms in total. The van der Waals surface area contributed by atoms with Crippen molar-refractivity contribution in [3.05, 3.63) is 107 Å². The number of amides is 1. The number of rotatable bonds is 5. The van der Waals surface area contributed by atoms with E-state index in [1.54, 1.807) is 0 Å². The zero-order chi connectivity index (χ0) is 27.5. The minimum Gasteiger partial charge on any atom is -0.358 e. The molecule has 5 heteroatoms. The molecule has 3 aromatic carbocycles. The number of hydrogen-bond acceptors (Lipinski definition) is 4. The summed E-state index contributed by atoms with van der Waals surface area (Å²) in [6, 6.07) is 22.0. The number of carbonyl (C=O) groups is 3. The summed E-state index contributed by atoms with van der Waals surface area (Å²) < 4.78 is 0. The Labute approximate surface area is 229 Å². The molecule has 0 aliphatic carbocycles. The molecule has 0 bridgehead atoms. The number of ketones is 2. The van der Waals surface area contributed by atoms with Gasteiger partial charge in [-0.2, -0.15) is 0 Å². The number of para-hydroxylation sites is 1. The molecule has 1 amide bonds. The van der Waals surface area contributed by atoms with Gasteiger partial charge in [-0.25, -0.2) is 0 Å². The monoisotopic (exact) mass is 518 g/mol. The van der Waals surface area contributed by atoms with Crippen LogP contribution in [0.2, 0.25) is 0 Å². The van der Waals surface area contributed by atoms with Gasteiger partial charge in [-0.15, -0.1) is 0 Å². The maximum Gasteiger partial charge on any atom is 0.238 e. The Kier molecular flexibility index (Phi) is 5.87. The fourth-order valence-electron chi connectivity index (χ4n) is 6.92. The summed E-state index contributed by atoms with van der Waals surface area (Å²) in [5.74, 6) is -1.36. The SMILES string of the molecule is CCCc1ccc(C(=O)[C@@H]2[C@H](C(=O)C(C)(C)C)N3C=Cc4ccccc4[C@@H]3[C@]23C(=O)Nc2ccccc23)cc1. The van der Waals surface area contributed by atoms with Crippen molar-refractivity contribution in [1.82, 2.24) is 4.90 Å². The number of nitrogens with zero attached hydrogens (tertiary/aromatic N) is 1. The number of Topliss-reactive ketones (excluding diaryl/α,β-unsaturated/α-hetero) is 2. The molecule has 1 fully saturated rings. The van der Waals surface area contributed by atoms with Crippen LogP contribution in [-0.4, -0.2) is 28.4 Å². The molecule has 0 saturated carbocycles. The summed E-state index contributed by atoms with van der Waals surface area (Å²) >= 11 is 0. The van der Waals surface area contributed by atoms with Gasteiger partial charge in [-0.05, 0) is 40.8 Å². The van der Waals surface area contributed by atoms with Crippen molar-refractivity contribution in [3.8, 4) is 0 Å². The second kappa shape index (κ2) is 9.04. The van der Waals surface area contributed by atoms with Crippen LogP contribution in [0.25, 0.3) is 6.08 Å². The van der Waals surface area contributed by atoms with E-state index in [-0.39, 0.29) is 17.5 Å². The standard InChI is InChI=1S/C34H34N2O3/c1-5-10-21-15-17-23(18-16-21)29(37)27-28(31(38)33(2,3)4)36-20-19-22-11-6-7-12-24(22)30(36)34(27)25-13-8-9-14-26(25)35-32(34)39/h6-9,11-20,27-28,30H,5,10H2,1-4H3,(H,35,39)/t27-,28+,30+,34+/m0/s1. The number of anilines is 1. The minimum atomic E-state index is -1.28. The van der Waals surface area contributed by atoms with Crippen molar-refractivity contribution in [2.75, 3.05) is 5.32 Å². The maximum atomic E-state index is 14.7. The van der Waals surface area contributed by atoms with Crippen LogP contribution in [0.4, 0.5) is 5.69 Å². The number of aryl methyl sites for hydroxylation is 1. The zero-order valence-electron chi connectivity index (χ0n) is 22.9. The van der Waals surface area contributed by atoms with E-state index in [1.807, 2.05) is 111 Å². The summed E-state index contributed by atoms with van der Waals surface area (Å²) in [6.45, 7) is 7.80. The van der Waals surface area contributed by atoms with Gasteiger partial charge in [0.2, 0.25) is 5.91 Å². The molecule has 3 aromatic rings. The first-order valence-corrected chi connectivity index (χ1v) is 13.8. The molecule has 1 N–H and O–H groups in total. The van der Waals surface area contributed by atoms with Crippen LogP contribution in [0.5, 0.6) is 0 Å². The van der Waals surface area contributed by atoms with E-state index in [0.29, 0.717) is 11.3 Å². The van der Waals surface area contributed by atoms with Crippen molar-refractivity contribution >= 4 is 29.2 Å². The van der Waals surface area contributed by atoms with Gasteiger partial charge in [0, 0.05) is 22.9 Å². The molecule has 198 valence electrons. The second-order valence-corrected chi connectivity index (χ2v) is 12.0. The van der Waals surface area contributed by atoms with Gasteiger partial charge in [0.05, 0.1) is 18.0 Å². The average molecular weight is 519 g/mol.